The second kappa shape index (κ2) is 6.74. The standard InChI is InChI=1S/C15H18N2O6/c1-10-11(3-2-4-12(10)17(21)22)14(20)16-15(9-13(18)19)5-7-23-8-6-15/h2-4H,5-9H2,1H3,(H,16,20)(H,18,19). The second-order valence-electron chi connectivity index (χ2n) is 5.62. The van der Waals surface area contributed by atoms with E-state index in [9.17, 15) is 19.7 Å². The molecular formula is C15H18N2O6. The largest absolute Gasteiger partial charge is 0.481 e. The van der Waals surface area contributed by atoms with Crippen LogP contribution in [0.1, 0.15) is 35.2 Å². The number of nitrogens with one attached hydrogen (secondary N) is 1. The Labute approximate surface area is 132 Å². The number of benzene rings is 1. The molecule has 0 spiro atoms. The third kappa shape index (κ3) is 3.84. The van der Waals surface area contributed by atoms with Crippen molar-refractivity contribution in [1.82, 2.24) is 5.32 Å². The van der Waals surface area contributed by atoms with Crippen LogP contribution in [-0.2, 0) is 9.53 Å². The van der Waals surface area contributed by atoms with Crippen molar-refractivity contribution in [1.29, 1.82) is 0 Å². The van der Waals surface area contributed by atoms with Crippen LogP contribution in [0.15, 0.2) is 18.2 Å². The molecule has 0 atom stereocenters. The van der Waals surface area contributed by atoms with Crippen molar-refractivity contribution in [2.24, 2.45) is 0 Å². The van der Waals surface area contributed by atoms with Gasteiger partial charge in [0.2, 0.25) is 0 Å². The molecule has 1 aliphatic rings. The van der Waals surface area contributed by atoms with Gasteiger partial charge in [-0.3, -0.25) is 19.7 Å². The van der Waals surface area contributed by atoms with Gasteiger partial charge in [-0.05, 0) is 25.8 Å². The predicted molar refractivity (Wildman–Crippen MR) is 80.3 cm³/mol. The Balaban J connectivity index is 2.27. The zero-order valence-electron chi connectivity index (χ0n) is 12.7. The molecule has 0 aliphatic carbocycles. The molecule has 8 nitrogen and oxygen atoms in total. The van der Waals surface area contributed by atoms with E-state index in [1.165, 1.54) is 25.1 Å². The van der Waals surface area contributed by atoms with E-state index < -0.39 is 22.3 Å². The smallest absolute Gasteiger partial charge is 0.305 e. The summed E-state index contributed by atoms with van der Waals surface area (Å²) in [5.74, 6) is -1.52. The lowest BCUT2D eigenvalue weighted by atomic mass is 9.86. The van der Waals surface area contributed by atoms with Gasteiger partial charge in [0.05, 0.1) is 16.9 Å². The van der Waals surface area contributed by atoms with E-state index in [0.29, 0.717) is 26.1 Å². The van der Waals surface area contributed by atoms with Crippen LogP contribution in [-0.4, -0.2) is 40.7 Å². The molecule has 0 saturated carbocycles. The predicted octanol–water partition coefficient (Wildman–Crippen LogP) is 1.66. The molecule has 1 aliphatic heterocycles. The Morgan fingerprint density at radius 1 is 1.39 bits per heavy atom. The SMILES string of the molecule is Cc1c(C(=O)NC2(CC(=O)O)CCOCC2)cccc1[N+](=O)[O-]. The fourth-order valence-electron chi connectivity index (χ4n) is 2.77. The first kappa shape index (κ1) is 16.9. The number of nitro benzene ring substituents is 1. The van der Waals surface area contributed by atoms with E-state index in [2.05, 4.69) is 5.32 Å². The highest BCUT2D eigenvalue weighted by atomic mass is 16.6. The number of nitrogens with zero attached hydrogens (tertiary/aromatic N) is 1. The Morgan fingerprint density at radius 2 is 2.04 bits per heavy atom. The molecule has 1 amide bonds. The highest BCUT2D eigenvalue weighted by molar-refractivity contribution is 5.97. The van der Waals surface area contributed by atoms with E-state index in [-0.39, 0.29) is 23.2 Å². The summed E-state index contributed by atoms with van der Waals surface area (Å²) in [4.78, 5) is 34.1. The number of carboxylic acid groups (broad SMARTS) is 1. The fourth-order valence-corrected chi connectivity index (χ4v) is 2.77. The van der Waals surface area contributed by atoms with Gasteiger partial charge in [0.15, 0.2) is 0 Å². The van der Waals surface area contributed by atoms with Crippen LogP contribution in [0.4, 0.5) is 5.69 Å². The number of ether oxygens (including phenoxy) is 1. The van der Waals surface area contributed by atoms with Crippen molar-refractivity contribution in [3.63, 3.8) is 0 Å². The van der Waals surface area contributed by atoms with Gasteiger partial charge < -0.3 is 15.2 Å². The highest BCUT2D eigenvalue weighted by Gasteiger charge is 2.37. The molecule has 0 radical (unpaired) electrons. The van der Waals surface area contributed by atoms with E-state index in [4.69, 9.17) is 9.84 Å². The molecule has 1 fully saturated rings. The van der Waals surface area contributed by atoms with Crippen molar-refractivity contribution < 1.29 is 24.4 Å². The molecule has 2 rings (SSSR count). The van der Waals surface area contributed by atoms with Crippen LogP contribution >= 0.6 is 0 Å². The minimum atomic E-state index is -1.01. The van der Waals surface area contributed by atoms with Crippen molar-refractivity contribution in [3.8, 4) is 0 Å². The minimum Gasteiger partial charge on any atom is -0.481 e. The third-order valence-corrected chi connectivity index (χ3v) is 4.06. The van der Waals surface area contributed by atoms with Crippen molar-refractivity contribution in [3.05, 3.63) is 39.4 Å². The molecule has 1 heterocycles. The molecule has 0 aromatic heterocycles. The Bertz CT molecular complexity index is 637. The van der Waals surface area contributed by atoms with Gasteiger partial charge in [0.1, 0.15) is 0 Å². The van der Waals surface area contributed by atoms with Crippen LogP contribution in [0.3, 0.4) is 0 Å². The number of hydrogen-bond acceptors (Lipinski definition) is 5. The van der Waals surface area contributed by atoms with Crippen molar-refractivity contribution in [2.75, 3.05) is 13.2 Å². The molecule has 124 valence electrons. The topological polar surface area (TPSA) is 119 Å². The van der Waals surface area contributed by atoms with Crippen LogP contribution in [0.2, 0.25) is 0 Å². The summed E-state index contributed by atoms with van der Waals surface area (Å²) in [5, 5.41) is 22.8. The molecule has 23 heavy (non-hydrogen) atoms. The molecule has 0 bridgehead atoms. The number of carboxylic acids is 1. The van der Waals surface area contributed by atoms with Gasteiger partial charge in [0, 0.05) is 30.4 Å². The zero-order valence-corrected chi connectivity index (χ0v) is 12.7. The first-order valence-electron chi connectivity index (χ1n) is 7.21. The quantitative estimate of drug-likeness (QED) is 0.628. The third-order valence-electron chi connectivity index (χ3n) is 4.06. The van der Waals surface area contributed by atoms with Gasteiger partial charge >= 0.3 is 5.97 Å². The number of carbonyl (C=O) groups is 2. The molecule has 2 N–H and O–H groups in total. The maximum Gasteiger partial charge on any atom is 0.305 e. The first-order valence-corrected chi connectivity index (χ1v) is 7.21. The average Bonchev–Trinajstić information content (AvgIpc) is 2.46. The summed E-state index contributed by atoms with van der Waals surface area (Å²) >= 11 is 0. The summed E-state index contributed by atoms with van der Waals surface area (Å²) in [7, 11) is 0. The van der Waals surface area contributed by atoms with E-state index in [1.807, 2.05) is 0 Å². The molecular weight excluding hydrogens is 304 g/mol. The minimum absolute atomic E-state index is 0.142. The second-order valence-corrected chi connectivity index (χ2v) is 5.62. The maximum atomic E-state index is 12.5. The monoisotopic (exact) mass is 322 g/mol. The number of aliphatic carboxylic acids is 1. The summed E-state index contributed by atoms with van der Waals surface area (Å²) in [5.41, 5.74) is -0.599. The summed E-state index contributed by atoms with van der Waals surface area (Å²) in [6.45, 7) is 2.23. The van der Waals surface area contributed by atoms with E-state index in [1.54, 1.807) is 0 Å². The lowest BCUT2D eigenvalue weighted by molar-refractivity contribution is -0.385. The van der Waals surface area contributed by atoms with Crippen molar-refractivity contribution >= 4 is 17.6 Å². The van der Waals surface area contributed by atoms with E-state index in [0.717, 1.165) is 0 Å². The average molecular weight is 322 g/mol. The van der Waals surface area contributed by atoms with Gasteiger partial charge in [-0.25, -0.2) is 0 Å². The lowest BCUT2D eigenvalue weighted by Crippen LogP contribution is -2.53. The lowest BCUT2D eigenvalue weighted by Gasteiger charge is -2.37. The summed E-state index contributed by atoms with van der Waals surface area (Å²) in [6, 6.07) is 4.26. The highest BCUT2D eigenvalue weighted by Crippen LogP contribution is 2.27. The Kier molecular flexibility index (Phi) is 4.95. The van der Waals surface area contributed by atoms with Crippen LogP contribution in [0.25, 0.3) is 0 Å². The van der Waals surface area contributed by atoms with Crippen LogP contribution in [0.5, 0.6) is 0 Å². The normalized spacial score (nSPS) is 16.6. The number of carbonyl (C=O) groups excluding carboxylic acids is 1. The first-order chi connectivity index (χ1) is 10.8. The number of rotatable bonds is 5. The number of amides is 1. The molecule has 0 unspecified atom stereocenters. The van der Waals surface area contributed by atoms with Gasteiger partial charge in [0.25, 0.3) is 11.6 Å². The molecule has 1 aromatic carbocycles. The molecule has 1 aromatic rings. The van der Waals surface area contributed by atoms with Crippen LogP contribution < -0.4 is 5.32 Å². The molecule has 8 heteroatoms. The molecule has 1 saturated heterocycles. The van der Waals surface area contributed by atoms with Gasteiger partial charge in [-0.1, -0.05) is 6.07 Å². The van der Waals surface area contributed by atoms with E-state index >= 15 is 0 Å². The Morgan fingerprint density at radius 3 is 2.61 bits per heavy atom. The fraction of sp³-hybridized carbons (Fsp3) is 0.467. The number of hydrogen-bond donors (Lipinski definition) is 2. The number of nitro groups is 1. The van der Waals surface area contributed by atoms with Gasteiger partial charge in [-0.2, -0.15) is 0 Å². The van der Waals surface area contributed by atoms with Crippen LogP contribution in [0, 0.1) is 17.0 Å². The zero-order chi connectivity index (χ0) is 17.0. The maximum absolute atomic E-state index is 12.5. The summed E-state index contributed by atoms with van der Waals surface area (Å²) in [6.07, 6.45) is 0.564. The Hall–Kier alpha value is -2.48. The van der Waals surface area contributed by atoms with Gasteiger partial charge in [-0.15, -0.1) is 0 Å². The summed E-state index contributed by atoms with van der Waals surface area (Å²) < 4.78 is 5.23. The van der Waals surface area contributed by atoms with Crippen molar-refractivity contribution in [2.45, 2.75) is 31.7 Å².